The third kappa shape index (κ3) is 2.72. The maximum atomic E-state index is 12.1. The predicted octanol–water partition coefficient (Wildman–Crippen LogP) is 1.57. The van der Waals surface area contributed by atoms with Gasteiger partial charge in [0.1, 0.15) is 5.76 Å². The van der Waals surface area contributed by atoms with Crippen molar-refractivity contribution in [3.05, 3.63) is 17.3 Å². The lowest BCUT2D eigenvalue weighted by Crippen LogP contribution is -2.54. The van der Waals surface area contributed by atoms with Gasteiger partial charge in [0.25, 0.3) is 0 Å². The highest BCUT2D eigenvalue weighted by Gasteiger charge is 2.35. The first-order valence-electron chi connectivity index (χ1n) is 6.51. The van der Waals surface area contributed by atoms with E-state index < -0.39 is 5.54 Å². The van der Waals surface area contributed by atoms with Crippen LogP contribution in [-0.2, 0) is 11.3 Å². The Morgan fingerprint density at radius 2 is 2.06 bits per heavy atom. The molecule has 0 unspecified atom stereocenters. The molecule has 1 aromatic rings. The normalized spacial score (nSPS) is 18.6. The molecule has 2 rings (SSSR count). The van der Waals surface area contributed by atoms with Gasteiger partial charge in [0, 0.05) is 0 Å². The fourth-order valence-electron chi connectivity index (χ4n) is 2.36. The molecule has 18 heavy (non-hydrogen) atoms. The van der Waals surface area contributed by atoms with Crippen molar-refractivity contribution in [2.75, 3.05) is 0 Å². The van der Waals surface area contributed by atoms with E-state index in [1.807, 2.05) is 13.8 Å². The summed E-state index contributed by atoms with van der Waals surface area (Å²) in [5.41, 5.74) is 6.30. The Labute approximate surface area is 107 Å². The molecule has 1 heterocycles. The molecule has 1 amide bonds. The minimum atomic E-state index is -0.699. The SMILES string of the molecule is Cc1nc(CNC(=O)C2(N)CCCCC2)oc1C. The van der Waals surface area contributed by atoms with Gasteiger partial charge in [-0.15, -0.1) is 0 Å². The summed E-state index contributed by atoms with van der Waals surface area (Å²) in [6.45, 7) is 4.06. The Balaban J connectivity index is 1.91. The predicted molar refractivity (Wildman–Crippen MR) is 67.8 cm³/mol. The van der Waals surface area contributed by atoms with Gasteiger partial charge in [-0.1, -0.05) is 19.3 Å². The van der Waals surface area contributed by atoms with E-state index in [1.165, 1.54) is 6.42 Å². The van der Waals surface area contributed by atoms with E-state index in [-0.39, 0.29) is 5.91 Å². The maximum Gasteiger partial charge on any atom is 0.240 e. The molecule has 100 valence electrons. The van der Waals surface area contributed by atoms with Gasteiger partial charge < -0.3 is 15.5 Å². The molecular weight excluding hydrogens is 230 g/mol. The Morgan fingerprint density at radius 1 is 1.39 bits per heavy atom. The van der Waals surface area contributed by atoms with Crippen molar-refractivity contribution in [3.63, 3.8) is 0 Å². The number of hydrogen-bond donors (Lipinski definition) is 2. The van der Waals surface area contributed by atoms with E-state index in [0.717, 1.165) is 37.1 Å². The van der Waals surface area contributed by atoms with Gasteiger partial charge in [0.2, 0.25) is 11.8 Å². The summed E-state index contributed by atoms with van der Waals surface area (Å²) in [5.74, 6) is 1.24. The fraction of sp³-hybridized carbons (Fsp3) is 0.692. The number of oxazole rings is 1. The van der Waals surface area contributed by atoms with Crippen LogP contribution in [-0.4, -0.2) is 16.4 Å². The van der Waals surface area contributed by atoms with Gasteiger partial charge in [0.15, 0.2) is 0 Å². The fourth-order valence-corrected chi connectivity index (χ4v) is 2.36. The lowest BCUT2D eigenvalue weighted by atomic mass is 9.82. The third-order valence-electron chi connectivity index (χ3n) is 3.67. The Kier molecular flexibility index (Phi) is 3.71. The van der Waals surface area contributed by atoms with Crippen LogP contribution in [0.2, 0.25) is 0 Å². The van der Waals surface area contributed by atoms with Crippen LogP contribution in [0.3, 0.4) is 0 Å². The first-order valence-corrected chi connectivity index (χ1v) is 6.51. The number of carbonyl (C=O) groups excluding carboxylic acids is 1. The lowest BCUT2D eigenvalue weighted by Gasteiger charge is -2.31. The number of nitrogens with two attached hydrogens (primary N) is 1. The molecule has 1 aliphatic rings. The number of aromatic nitrogens is 1. The smallest absolute Gasteiger partial charge is 0.240 e. The highest BCUT2D eigenvalue weighted by atomic mass is 16.4. The van der Waals surface area contributed by atoms with Gasteiger partial charge >= 0.3 is 0 Å². The molecule has 1 fully saturated rings. The Hall–Kier alpha value is -1.36. The van der Waals surface area contributed by atoms with Crippen molar-refractivity contribution in [2.24, 2.45) is 5.73 Å². The number of hydrogen-bond acceptors (Lipinski definition) is 4. The van der Waals surface area contributed by atoms with E-state index in [4.69, 9.17) is 10.2 Å². The molecule has 0 spiro atoms. The number of carbonyl (C=O) groups is 1. The van der Waals surface area contributed by atoms with E-state index in [2.05, 4.69) is 10.3 Å². The second-order valence-corrected chi connectivity index (χ2v) is 5.15. The molecule has 5 heteroatoms. The largest absolute Gasteiger partial charge is 0.444 e. The molecule has 0 aliphatic heterocycles. The van der Waals surface area contributed by atoms with E-state index in [9.17, 15) is 4.79 Å². The average Bonchev–Trinajstić information content (AvgIpc) is 2.67. The summed E-state index contributed by atoms with van der Waals surface area (Å²) >= 11 is 0. The zero-order chi connectivity index (χ0) is 13.2. The van der Waals surface area contributed by atoms with E-state index in [1.54, 1.807) is 0 Å². The molecule has 0 aromatic carbocycles. The highest BCUT2D eigenvalue weighted by molar-refractivity contribution is 5.86. The van der Waals surface area contributed by atoms with Gasteiger partial charge in [-0.2, -0.15) is 0 Å². The zero-order valence-electron chi connectivity index (χ0n) is 11.1. The first kappa shape index (κ1) is 13.1. The summed E-state index contributed by atoms with van der Waals surface area (Å²) in [6.07, 6.45) is 4.76. The second-order valence-electron chi connectivity index (χ2n) is 5.15. The van der Waals surface area contributed by atoms with Crippen molar-refractivity contribution in [3.8, 4) is 0 Å². The number of aryl methyl sites for hydroxylation is 2. The summed E-state index contributed by atoms with van der Waals surface area (Å²) in [5, 5.41) is 2.83. The molecule has 5 nitrogen and oxygen atoms in total. The van der Waals surface area contributed by atoms with E-state index >= 15 is 0 Å². The number of rotatable bonds is 3. The average molecular weight is 251 g/mol. The Morgan fingerprint density at radius 3 is 2.61 bits per heavy atom. The van der Waals surface area contributed by atoms with Crippen LogP contribution in [0, 0.1) is 13.8 Å². The van der Waals surface area contributed by atoms with E-state index in [0.29, 0.717) is 12.4 Å². The quantitative estimate of drug-likeness (QED) is 0.854. The lowest BCUT2D eigenvalue weighted by molar-refractivity contribution is -0.127. The summed E-state index contributed by atoms with van der Waals surface area (Å²) in [4.78, 5) is 16.3. The summed E-state index contributed by atoms with van der Waals surface area (Å²) in [6, 6.07) is 0. The zero-order valence-corrected chi connectivity index (χ0v) is 11.1. The topological polar surface area (TPSA) is 81.2 Å². The minimum absolute atomic E-state index is 0.0873. The van der Waals surface area contributed by atoms with Crippen molar-refractivity contribution in [1.82, 2.24) is 10.3 Å². The molecule has 1 aromatic heterocycles. The van der Waals surface area contributed by atoms with Crippen molar-refractivity contribution >= 4 is 5.91 Å². The molecule has 0 atom stereocenters. The Bertz CT molecular complexity index is 414. The van der Waals surface area contributed by atoms with Crippen LogP contribution in [0.5, 0.6) is 0 Å². The van der Waals surface area contributed by atoms with Gasteiger partial charge in [-0.3, -0.25) is 4.79 Å². The monoisotopic (exact) mass is 251 g/mol. The van der Waals surface area contributed by atoms with Crippen LogP contribution >= 0.6 is 0 Å². The highest BCUT2D eigenvalue weighted by Crippen LogP contribution is 2.26. The maximum absolute atomic E-state index is 12.1. The van der Waals surface area contributed by atoms with Gasteiger partial charge in [0.05, 0.1) is 17.8 Å². The van der Waals surface area contributed by atoms with Crippen LogP contribution in [0.15, 0.2) is 4.42 Å². The first-order chi connectivity index (χ1) is 8.51. The molecule has 1 aliphatic carbocycles. The minimum Gasteiger partial charge on any atom is -0.444 e. The van der Waals surface area contributed by atoms with Crippen LogP contribution < -0.4 is 11.1 Å². The number of nitrogens with zero attached hydrogens (tertiary/aromatic N) is 1. The molecule has 0 radical (unpaired) electrons. The molecular formula is C13H21N3O2. The number of nitrogens with one attached hydrogen (secondary N) is 1. The van der Waals surface area contributed by atoms with Gasteiger partial charge in [-0.25, -0.2) is 4.98 Å². The molecule has 0 bridgehead atoms. The molecule has 1 saturated carbocycles. The molecule has 0 saturated heterocycles. The second kappa shape index (κ2) is 5.10. The van der Waals surface area contributed by atoms with Crippen LogP contribution in [0.25, 0.3) is 0 Å². The van der Waals surface area contributed by atoms with Crippen molar-refractivity contribution in [2.45, 2.75) is 58.0 Å². The van der Waals surface area contributed by atoms with Crippen molar-refractivity contribution in [1.29, 1.82) is 0 Å². The molecule has 3 N–H and O–H groups in total. The van der Waals surface area contributed by atoms with Crippen molar-refractivity contribution < 1.29 is 9.21 Å². The third-order valence-corrected chi connectivity index (χ3v) is 3.67. The number of amides is 1. The summed E-state index contributed by atoms with van der Waals surface area (Å²) in [7, 11) is 0. The van der Waals surface area contributed by atoms with Crippen LogP contribution in [0.4, 0.5) is 0 Å². The van der Waals surface area contributed by atoms with Crippen LogP contribution in [0.1, 0.15) is 49.4 Å². The summed E-state index contributed by atoms with van der Waals surface area (Å²) < 4.78 is 5.42. The standard InChI is InChI=1S/C13H21N3O2/c1-9-10(2)18-11(16-9)8-15-12(17)13(14)6-4-3-5-7-13/h3-8,14H2,1-2H3,(H,15,17). The van der Waals surface area contributed by atoms with Gasteiger partial charge in [-0.05, 0) is 26.7 Å².